The first-order chi connectivity index (χ1) is 5.09. The molecule has 1 aliphatic rings. The molecule has 1 aliphatic heterocycles. The average Bonchev–Trinajstić information content (AvgIpc) is 2.10. The molecule has 0 saturated heterocycles. The molecule has 1 N–H and O–H groups in total. The molecule has 0 atom stereocenters. The van der Waals surface area contributed by atoms with E-state index in [1.165, 1.54) is 0 Å². The number of carboxylic acids is 1. The number of cyclic esters (lactones) is 1. The lowest BCUT2D eigenvalue weighted by Gasteiger charge is -1.90. The maximum absolute atomic E-state index is 12.2. The highest BCUT2D eigenvalue weighted by atomic mass is 19.1. The molecule has 0 spiro atoms. The Kier molecular flexibility index (Phi) is 1.72. The Morgan fingerprint density at radius 1 is 1.73 bits per heavy atom. The number of allylic oxidation sites excluding steroid dienone is 1. The van der Waals surface area contributed by atoms with Crippen molar-refractivity contribution in [3.63, 3.8) is 0 Å². The number of aliphatic carboxylic acids is 1. The minimum atomic E-state index is -1.29. The molecular weight excluding hydrogens is 155 g/mol. The summed E-state index contributed by atoms with van der Waals surface area (Å²) in [5.74, 6) is -3.83. The summed E-state index contributed by atoms with van der Waals surface area (Å²) in [6.45, 7) is 0. The van der Waals surface area contributed by atoms with E-state index in [2.05, 4.69) is 4.74 Å². The molecule has 1 heterocycles. The highest BCUT2D eigenvalue weighted by Gasteiger charge is 2.21. The van der Waals surface area contributed by atoms with Crippen LogP contribution in [0, 0.1) is 0 Å². The van der Waals surface area contributed by atoms with Crippen molar-refractivity contribution < 1.29 is 23.8 Å². The third-order valence-corrected chi connectivity index (χ3v) is 0.940. The van der Waals surface area contributed by atoms with Crippen LogP contribution < -0.4 is 0 Å². The van der Waals surface area contributed by atoms with E-state index in [0.29, 0.717) is 6.08 Å². The number of rotatable bonds is 1. The molecule has 11 heavy (non-hydrogen) atoms. The number of hydrogen-bond donors (Lipinski definition) is 1. The summed E-state index contributed by atoms with van der Waals surface area (Å²) in [6.07, 6.45) is 1.32. The first kappa shape index (κ1) is 7.46. The summed E-state index contributed by atoms with van der Waals surface area (Å²) < 4.78 is 16.3. The smallest absolute Gasteiger partial charge is 0.372 e. The summed E-state index contributed by atoms with van der Waals surface area (Å²) in [5.41, 5.74) is 0. The second kappa shape index (κ2) is 2.53. The number of carbonyl (C=O) groups excluding carboxylic acids is 1. The van der Waals surface area contributed by atoms with Crippen LogP contribution in [0.15, 0.2) is 23.7 Å². The molecule has 0 radical (unpaired) electrons. The number of carbonyl (C=O) groups is 2. The van der Waals surface area contributed by atoms with Crippen LogP contribution in [-0.2, 0) is 14.3 Å². The van der Waals surface area contributed by atoms with Gasteiger partial charge in [0.25, 0.3) is 0 Å². The standard InChI is InChI=1S/C6H3FO4/c7-4-1-3(2-5(8)9)11-6(4)10/h1-2H,(H,8,9). The topological polar surface area (TPSA) is 63.6 Å². The van der Waals surface area contributed by atoms with Crippen molar-refractivity contribution >= 4 is 11.9 Å². The lowest BCUT2D eigenvalue weighted by Crippen LogP contribution is -1.96. The Bertz CT molecular complexity index is 276. The molecule has 0 fully saturated rings. The fourth-order valence-corrected chi connectivity index (χ4v) is 0.562. The van der Waals surface area contributed by atoms with Gasteiger partial charge in [-0.25, -0.2) is 9.59 Å². The van der Waals surface area contributed by atoms with E-state index in [0.717, 1.165) is 6.08 Å². The summed E-state index contributed by atoms with van der Waals surface area (Å²) in [6, 6.07) is 0. The van der Waals surface area contributed by atoms with Crippen molar-refractivity contribution in [3.8, 4) is 0 Å². The molecular formula is C6H3FO4. The van der Waals surface area contributed by atoms with Crippen molar-refractivity contribution in [2.75, 3.05) is 0 Å². The highest BCUT2D eigenvalue weighted by molar-refractivity contribution is 5.92. The molecule has 0 saturated carbocycles. The van der Waals surface area contributed by atoms with Crippen LogP contribution in [0.2, 0.25) is 0 Å². The number of ether oxygens (including phenoxy) is 1. The van der Waals surface area contributed by atoms with Crippen LogP contribution >= 0.6 is 0 Å². The van der Waals surface area contributed by atoms with Gasteiger partial charge in [0.2, 0.25) is 5.83 Å². The summed E-state index contributed by atoms with van der Waals surface area (Å²) in [7, 11) is 0. The van der Waals surface area contributed by atoms with E-state index < -0.39 is 17.8 Å². The Balaban J connectivity index is 2.83. The first-order valence-electron chi connectivity index (χ1n) is 2.63. The van der Waals surface area contributed by atoms with Gasteiger partial charge in [0.1, 0.15) is 5.76 Å². The average molecular weight is 158 g/mol. The van der Waals surface area contributed by atoms with Crippen molar-refractivity contribution in [1.29, 1.82) is 0 Å². The van der Waals surface area contributed by atoms with Crippen molar-refractivity contribution in [1.82, 2.24) is 0 Å². The van der Waals surface area contributed by atoms with Crippen molar-refractivity contribution in [2.24, 2.45) is 0 Å². The number of esters is 1. The van der Waals surface area contributed by atoms with Gasteiger partial charge >= 0.3 is 11.9 Å². The molecule has 4 nitrogen and oxygen atoms in total. The number of halogens is 1. The summed E-state index contributed by atoms with van der Waals surface area (Å²) in [5, 5.41) is 8.13. The minimum absolute atomic E-state index is 0.292. The zero-order valence-electron chi connectivity index (χ0n) is 5.20. The molecule has 0 aromatic heterocycles. The van der Waals surface area contributed by atoms with Crippen molar-refractivity contribution in [3.05, 3.63) is 23.7 Å². The van der Waals surface area contributed by atoms with E-state index >= 15 is 0 Å². The molecule has 0 bridgehead atoms. The zero-order chi connectivity index (χ0) is 8.43. The zero-order valence-corrected chi connectivity index (χ0v) is 5.20. The molecule has 0 aromatic rings. The second-order valence-electron chi connectivity index (χ2n) is 1.77. The Morgan fingerprint density at radius 2 is 2.36 bits per heavy atom. The SMILES string of the molecule is O=C(O)C=C1C=C(F)C(=O)O1. The van der Waals surface area contributed by atoms with Crippen LogP contribution in [0.25, 0.3) is 0 Å². The maximum atomic E-state index is 12.2. The number of hydrogen-bond acceptors (Lipinski definition) is 3. The number of carboxylic acid groups (broad SMARTS) is 1. The first-order valence-corrected chi connectivity index (χ1v) is 2.63. The van der Waals surface area contributed by atoms with Gasteiger partial charge in [-0.2, -0.15) is 4.39 Å². The van der Waals surface area contributed by atoms with Gasteiger partial charge in [-0.05, 0) is 0 Å². The molecule has 0 aliphatic carbocycles. The van der Waals surface area contributed by atoms with Gasteiger partial charge in [0.05, 0.1) is 6.08 Å². The Hall–Kier alpha value is -1.65. The van der Waals surface area contributed by atoms with Crippen LogP contribution in [0.3, 0.4) is 0 Å². The predicted molar refractivity (Wildman–Crippen MR) is 31.0 cm³/mol. The van der Waals surface area contributed by atoms with Gasteiger partial charge in [0.15, 0.2) is 0 Å². The monoisotopic (exact) mass is 158 g/mol. The lowest BCUT2D eigenvalue weighted by molar-refractivity contribution is -0.134. The maximum Gasteiger partial charge on any atom is 0.372 e. The van der Waals surface area contributed by atoms with Crippen LogP contribution in [0.4, 0.5) is 4.39 Å². The van der Waals surface area contributed by atoms with E-state index in [1.54, 1.807) is 0 Å². The highest BCUT2D eigenvalue weighted by Crippen LogP contribution is 2.16. The van der Waals surface area contributed by atoms with Gasteiger partial charge < -0.3 is 9.84 Å². The van der Waals surface area contributed by atoms with E-state index in [4.69, 9.17) is 5.11 Å². The normalized spacial score (nSPS) is 19.9. The molecule has 0 aromatic carbocycles. The molecule has 0 amide bonds. The molecule has 58 valence electrons. The van der Waals surface area contributed by atoms with Gasteiger partial charge in [-0.15, -0.1) is 0 Å². The fraction of sp³-hybridized carbons (Fsp3) is 0. The Labute approximate surface area is 60.6 Å². The van der Waals surface area contributed by atoms with E-state index in [-0.39, 0.29) is 5.76 Å². The third-order valence-electron chi connectivity index (χ3n) is 0.940. The van der Waals surface area contributed by atoms with Crippen LogP contribution in [-0.4, -0.2) is 17.0 Å². The molecule has 0 unspecified atom stereocenters. The lowest BCUT2D eigenvalue weighted by atomic mass is 10.4. The largest absolute Gasteiger partial charge is 0.478 e. The van der Waals surface area contributed by atoms with Crippen LogP contribution in [0.5, 0.6) is 0 Å². The summed E-state index contributed by atoms with van der Waals surface area (Å²) in [4.78, 5) is 20.2. The van der Waals surface area contributed by atoms with Gasteiger partial charge in [-0.3, -0.25) is 0 Å². The quantitative estimate of drug-likeness (QED) is 0.442. The Morgan fingerprint density at radius 3 is 2.73 bits per heavy atom. The van der Waals surface area contributed by atoms with Crippen molar-refractivity contribution in [2.45, 2.75) is 0 Å². The molecule has 1 rings (SSSR count). The van der Waals surface area contributed by atoms with E-state index in [9.17, 15) is 14.0 Å². The molecule has 5 heteroatoms. The van der Waals surface area contributed by atoms with Crippen LogP contribution in [0.1, 0.15) is 0 Å². The third kappa shape index (κ3) is 1.64. The van der Waals surface area contributed by atoms with E-state index in [1.807, 2.05) is 0 Å². The van der Waals surface area contributed by atoms with Gasteiger partial charge in [-0.1, -0.05) is 0 Å². The predicted octanol–water partition coefficient (Wildman–Crippen LogP) is 0.365. The summed E-state index contributed by atoms with van der Waals surface area (Å²) >= 11 is 0. The van der Waals surface area contributed by atoms with Gasteiger partial charge in [0, 0.05) is 6.08 Å². The second-order valence-corrected chi connectivity index (χ2v) is 1.77. The minimum Gasteiger partial charge on any atom is -0.478 e. The fourth-order valence-electron chi connectivity index (χ4n) is 0.562.